The monoisotopic (exact) mass is 292 g/mol. The fraction of sp³-hybridized carbons (Fsp3) is 0.231. The van der Waals surface area contributed by atoms with E-state index in [4.69, 9.17) is 5.11 Å². The molecule has 8 heteroatoms. The molecule has 0 fully saturated rings. The number of hydrogen-bond acceptors (Lipinski definition) is 4. The molecule has 0 aliphatic carbocycles. The van der Waals surface area contributed by atoms with Crippen LogP contribution >= 0.6 is 0 Å². The summed E-state index contributed by atoms with van der Waals surface area (Å²) in [5.74, 6) is -2.13. The van der Waals surface area contributed by atoms with Crippen molar-refractivity contribution < 1.29 is 19.1 Å². The lowest BCUT2D eigenvalue weighted by molar-refractivity contribution is -0.135. The quantitative estimate of drug-likeness (QED) is 0.849. The van der Waals surface area contributed by atoms with E-state index in [1.807, 2.05) is 6.92 Å². The summed E-state index contributed by atoms with van der Waals surface area (Å²) in [7, 11) is 0. The summed E-state index contributed by atoms with van der Waals surface area (Å²) >= 11 is 0. The number of amides is 1. The maximum atomic E-state index is 12.9. The van der Waals surface area contributed by atoms with Crippen molar-refractivity contribution in [2.75, 3.05) is 6.54 Å². The van der Waals surface area contributed by atoms with E-state index in [1.54, 1.807) is 0 Å². The molecule has 0 bridgehead atoms. The number of rotatable bonds is 5. The second-order valence-corrected chi connectivity index (χ2v) is 4.20. The molecule has 0 spiro atoms. The molecule has 1 amide bonds. The molecular formula is C13H13FN4O3. The van der Waals surface area contributed by atoms with Crippen LogP contribution < -0.4 is 5.32 Å². The third-order valence-corrected chi connectivity index (χ3v) is 2.78. The first-order valence-electron chi connectivity index (χ1n) is 6.23. The standard InChI is InChI=1S/C13H13FN4O3/c1-2-10-12(13(21)15-7-11(19)20)16-17-18(10)9-5-3-8(14)4-6-9/h3-6H,2,7H2,1H3,(H,15,21)(H,19,20). The van der Waals surface area contributed by atoms with Gasteiger partial charge in [-0.1, -0.05) is 12.1 Å². The first-order chi connectivity index (χ1) is 10.0. The number of benzene rings is 1. The van der Waals surface area contributed by atoms with Crippen molar-refractivity contribution >= 4 is 11.9 Å². The molecule has 2 rings (SSSR count). The predicted octanol–water partition coefficient (Wildman–Crippen LogP) is 0.783. The van der Waals surface area contributed by atoms with E-state index in [-0.39, 0.29) is 11.5 Å². The minimum absolute atomic E-state index is 0.0584. The maximum absolute atomic E-state index is 12.9. The van der Waals surface area contributed by atoms with Crippen molar-refractivity contribution in [3.8, 4) is 5.69 Å². The highest BCUT2D eigenvalue weighted by molar-refractivity contribution is 5.95. The van der Waals surface area contributed by atoms with Crippen LogP contribution in [0.1, 0.15) is 23.1 Å². The molecule has 0 saturated carbocycles. The third-order valence-electron chi connectivity index (χ3n) is 2.78. The van der Waals surface area contributed by atoms with Crippen molar-refractivity contribution in [3.05, 3.63) is 41.5 Å². The van der Waals surface area contributed by atoms with Gasteiger partial charge in [-0.2, -0.15) is 0 Å². The summed E-state index contributed by atoms with van der Waals surface area (Å²) in [4.78, 5) is 22.3. The Bertz CT molecular complexity index is 667. The first kappa shape index (κ1) is 14.6. The van der Waals surface area contributed by atoms with Crippen LogP contribution in [0.5, 0.6) is 0 Å². The molecule has 0 atom stereocenters. The van der Waals surface area contributed by atoms with E-state index in [0.717, 1.165) is 0 Å². The first-order valence-corrected chi connectivity index (χ1v) is 6.23. The Morgan fingerprint density at radius 2 is 2.00 bits per heavy atom. The number of carbonyl (C=O) groups excluding carboxylic acids is 1. The normalized spacial score (nSPS) is 10.4. The van der Waals surface area contributed by atoms with Gasteiger partial charge >= 0.3 is 5.97 Å². The molecule has 1 heterocycles. The highest BCUT2D eigenvalue weighted by Crippen LogP contribution is 2.14. The van der Waals surface area contributed by atoms with Crippen LogP contribution in [-0.4, -0.2) is 38.5 Å². The average molecular weight is 292 g/mol. The van der Waals surface area contributed by atoms with Crippen LogP contribution in [0.25, 0.3) is 5.69 Å². The number of carboxylic acids is 1. The van der Waals surface area contributed by atoms with Crippen LogP contribution in [0.4, 0.5) is 4.39 Å². The van der Waals surface area contributed by atoms with Crippen molar-refractivity contribution in [1.82, 2.24) is 20.3 Å². The minimum Gasteiger partial charge on any atom is -0.480 e. The third kappa shape index (κ3) is 3.22. The van der Waals surface area contributed by atoms with Gasteiger partial charge in [0.05, 0.1) is 11.4 Å². The van der Waals surface area contributed by atoms with Crippen LogP contribution in [0.2, 0.25) is 0 Å². The zero-order valence-corrected chi connectivity index (χ0v) is 11.2. The number of carboxylic acid groups (broad SMARTS) is 1. The van der Waals surface area contributed by atoms with E-state index in [1.165, 1.54) is 28.9 Å². The highest BCUT2D eigenvalue weighted by Gasteiger charge is 2.19. The van der Waals surface area contributed by atoms with Gasteiger partial charge in [-0.05, 0) is 30.7 Å². The van der Waals surface area contributed by atoms with Crippen molar-refractivity contribution in [2.45, 2.75) is 13.3 Å². The van der Waals surface area contributed by atoms with E-state index >= 15 is 0 Å². The number of nitrogens with zero attached hydrogens (tertiary/aromatic N) is 3. The number of nitrogens with one attached hydrogen (secondary N) is 1. The average Bonchev–Trinajstić information content (AvgIpc) is 2.89. The Labute approximate surface area is 119 Å². The van der Waals surface area contributed by atoms with Gasteiger partial charge in [0.1, 0.15) is 12.4 Å². The molecule has 0 saturated heterocycles. The Hall–Kier alpha value is -2.77. The largest absolute Gasteiger partial charge is 0.480 e. The fourth-order valence-electron chi connectivity index (χ4n) is 1.82. The molecule has 0 radical (unpaired) electrons. The minimum atomic E-state index is -1.15. The maximum Gasteiger partial charge on any atom is 0.322 e. The fourth-order valence-corrected chi connectivity index (χ4v) is 1.82. The summed E-state index contributed by atoms with van der Waals surface area (Å²) in [5.41, 5.74) is 1.14. The lowest BCUT2D eigenvalue weighted by atomic mass is 10.2. The van der Waals surface area contributed by atoms with Crippen LogP contribution in [0.3, 0.4) is 0 Å². The number of aromatic nitrogens is 3. The summed E-state index contributed by atoms with van der Waals surface area (Å²) in [6.07, 6.45) is 0.459. The summed E-state index contributed by atoms with van der Waals surface area (Å²) in [6, 6.07) is 5.59. The molecule has 0 aliphatic heterocycles. The number of halogens is 1. The molecule has 21 heavy (non-hydrogen) atoms. The SMILES string of the molecule is CCc1c(C(=O)NCC(=O)O)nnn1-c1ccc(F)cc1. The number of carbonyl (C=O) groups is 2. The van der Waals surface area contributed by atoms with Crippen molar-refractivity contribution in [1.29, 1.82) is 0 Å². The molecule has 0 aliphatic rings. The van der Waals surface area contributed by atoms with Gasteiger partial charge < -0.3 is 10.4 Å². The molecule has 110 valence electrons. The molecule has 2 N–H and O–H groups in total. The van der Waals surface area contributed by atoms with E-state index in [9.17, 15) is 14.0 Å². The molecular weight excluding hydrogens is 279 g/mol. The molecule has 1 aromatic heterocycles. The van der Waals surface area contributed by atoms with Gasteiger partial charge in [0.15, 0.2) is 5.69 Å². The lowest BCUT2D eigenvalue weighted by Gasteiger charge is -2.06. The Balaban J connectivity index is 2.31. The van der Waals surface area contributed by atoms with Crippen molar-refractivity contribution in [3.63, 3.8) is 0 Å². The second-order valence-electron chi connectivity index (χ2n) is 4.20. The Morgan fingerprint density at radius 1 is 1.33 bits per heavy atom. The van der Waals surface area contributed by atoms with E-state index < -0.39 is 18.4 Å². The molecule has 2 aromatic rings. The Kier molecular flexibility index (Phi) is 4.27. The Morgan fingerprint density at radius 3 is 2.57 bits per heavy atom. The summed E-state index contributed by atoms with van der Waals surface area (Å²) in [5, 5.41) is 18.4. The summed E-state index contributed by atoms with van der Waals surface area (Å²) < 4.78 is 14.4. The smallest absolute Gasteiger partial charge is 0.322 e. The zero-order chi connectivity index (χ0) is 15.4. The second kappa shape index (κ2) is 6.12. The lowest BCUT2D eigenvalue weighted by Crippen LogP contribution is -2.30. The topological polar surface area (TPSA) is 97.1 Å². The van der Waals surface area contributed by atoms with Crippen LogP contribution in [0, 0.1) is 5.82 Å². The van der Waals surface area contributed by atoms with Crippen molar-refractivity contribution in [2.24, 2.45) is 0 Å². The van der Waals surface area contributed by atoms with E-state index in [2.05, 4.69) is 15.6 Å². The molecule has 0 unspecified atom stereocenters. The van der Waals surface area contributed by atoms with Gasteiger partial charge in [-0.25, -0.2) is 9.07 Å². The van der Waals surface area contributed by atoms with Crippen LogP contribution in [-0.2, 0) is 11.2 Å². The molecule has 7 nitrogen and oxygen atoms in total. The number of aliphatic carboxylic acids is 1. The van der Waals surface area contributed by atoms with Gasteiger partial charge in [0, 0.05) is 0 Å². The predicted molar refractivity (Wildman–Crippen MR) is 70.7 cm³/mol. The zero-order valence-electron chi connectivity index (χ0n) is 11.2. The van der Waals surface area contributed by atoms with Gasteiger partial charge in [0.25, 0.3) is 5.91 Å². The highest BCUT2D eigenvalue weighted by atomic mass is 19.1. The van der Waals surface area contributed by atoms with Gasteiger partial charge in [0.2, 0.25) is 0 Å². The van der Waals surface area contributed by atoms with Gasteiger partial charge in [-0.15, -0.1) is 5.10 Å². The summed E-state index contributed by atoms with van der Waals surface area (Å²) in [6.45, 7) is 1.32. The van der Waals surface area contributed by atoms with Gasteiger partial charge in [-0.3, -0.25) is 9.59 Å². The molecule has 1 aromatic carbocycles. The number of hydrogen-bond donors (Lipinski definition) is 2. The van der Waals surface area contributed by atoms with E-state index in [0.29, 0.717) is 17.8 Å². The van der Waals surface area contributed by atoms with Crippen LogP contribution in [0.15, 0.2) is 24.3 Å².